The third-order valence-corrected chi connectivity index (χ3v) is 2.36. The van der Waals surface area contributed by atoms with Crippen LogP contribution in [0.2, 0.25) is 0 Å². The molecule has 104 valence electrons. The van der Waals surface area contributed by atoms with Crippen molar-refractivity contribution in [2.75, 3.05) is 46.4 Å². The summed E-state index contributed by atoms with van der Waals surface area (Å²) in [5.74, 6) is 0.858. The van der Waals surface area contributed by atoms with Gasteiger partial charge in [-0.25, -0.2) is 0 Å². The van der Waals surface area contributed by atoms with Crippen molar-refractivity contribution in [1.82, 2.24) is 0 Å². The predicted octanol–water partition coefficient (Wildman–Crippen LogP) is 1.19. The average molecular weight is 266 g/mol. The quantitative estimate of drug-likeness (QED) is 0.562. The lowest BCUT2D eigenvalue weighted by Gasteiger charge is -2.15. The van der Waals surface area contributed by atoms with Gasteiger partial charge in [0, 0.05) is 14.2 Å². The summed E-state index contributed by atoms with van der Waals surface area (Å²) in [6.07, 6.45) is 0. The van der Waals surface area contributed by atoms with E-state index in [1.165, 1.54) is 0 Å². The molecule has 0 amide bonds. The summed E-state index contributed by atoms with van der Waals surface area (Å²) in [6.45, 7) is 1.59. The Morgan fingerprint density at radius 3 is 2.26 bits per heavy atom. The number of hydrogen-bond acceptors (Lipinski definition) is 6. The van der Waals surface area contributed by atoms with Crippen LogP contribution < -0.4 is 15.2 Å². The van der Waals surface area contributed by atoms with E-state index in [-0.39, 0.29) is 5.69 Å². The van der Waals surface area contributed by atoms with Crippen LogP contribution in [0.1, 0.15) is 5.56 Å². The number of methoxy groups -OCH3 is 2. The number of ether oxygens (including phenoxy) is 4. The maximum atomic E-state index is 8.95. The molecule has 1 aromatic rings. The zero-order valence-electron chi connectivity index (χ0n) is 11.1. The number of nitrogens with zero attached hydrogens (tertiary/aromatic N) is 1. The second-order valence-corrected chi connectivity index (χ2v) is 3.65. The van der Waals surface area contributed by atoms with Crippen molar-refractivity contribution in [3.63, 3.8) is 0 Å². The van der Waals surface area contributed by atoms with E-state index in [1.54, 1.807) is 26.4 Å². The van der Waals surface area contributed by atoms with Gasteiger partial charge in [0.15, 0.2) is 11.5 Å². The summed E-state index contributed by atoms with van der Waals surface area (Å²) in [7, 11) is 3.17. The van der Waals surface area contributed by atoms with E-state index in [4.69, 9.17) is 29.9 Å². The van der Waals surface area contributed by atoms with Gasteiger partial charge in [-0.3, -0.25) is 0 Å². The molecule has 0 atom stereocenters. The van der Waals surface area contributed by atoms with Crippen LogP contribution in [0.4, 0.5) is 5.69 Å². The Balaban J connectivity index is 2.88. The summed E-state index contributed by atoms with van der Waals surface area (Å²) in [4.78, 5) is 0. The van der Waals surface area contributed by atoms with E-state index < -0.39 is 0 Å². The van der Waals surface area contributed by atoms with Gasteiger partial charge >= 0.3 is 0 Å². The van der Waals surface area contributed by atoms with Crippen molar-refractivity contribution in [3.05, 3.63) is 17.7 Å². The van der Waals surface area contributed by atoms with Gasteiger partial charge in [-0.05, 0) is 12.1 Å². The molecule has 0 saturated heterocycles. The van der Waals surface area contributed by atoms with Gasteiger partial charge < -0.3 is 24.7 Å². The largest absolute Gasteiger partial charge is 0.487 e. The summed E-state index contributed by atoms with van der Waals surface area (Å²) in [5.41, 5.74) is 6.51. The SMILES string of the molecule is COCCOc1ccc(C#N)c(N)c1OCCOC. The van der Waals surface area contributed by atoms with Gasteiger partial charge in [-0.15, -0.1) is 0 Å². The third-order valence-electron chi connectivity index (χ3n) is 2.36. The monoisotopic (exact) mass is 266 g/mol. The highest BCUT2D eigenvalue weighted by molar-refractivity contribution is 5.68. The van der Waals surface area contributed by atoms with Crippen LogP contribution in [0.5, 0.6) is 11.5 Å². The van der Waals surface area contributed by atoms with Crippen molar-refractivity contribution in [3.8, 4) is 17.6 Å². The summed E-state index contributed by atoms with van der Waals surface area (Å²) in [5, 5.41) is 8.95. The first-order valence-corrected chi connectivity index (χ1v) is 5.80. The van der Waals surface area contributed by atoms with Gasteiger partial charge in [-0.2, -0.15) is 5.26 Å². The highest BCUT2D eigenvalue weighted by atomic mass is 16.5. The molecule has 0 aliphatic carbocycles. The van der Waals surface area contributed by atoms with Crippen LogP contribution in [0.25, 0.3) is 0 Å². The van der Waals surface area contributed by atoms with E-state index >= 15 is 0 Å². The Bertz CT molecular complexity index is 443. The minimum Gasteiger partial charge on any atom is -0.487 e. The van der Waals surface area contributed by atoms with E-state index in [9.17, 15) is 0 Å². The van der Waals surface area contributed by atoms with E-state index in [2.05, 4.69) is 0 Å². The average Bonchev–Trinajstić information content (AvgIpc) is 2.42. The molecule has 19 heavy (non-hydrogen) atoms. The van der Waals surface area contributed by atoms with Gasteiger partial charge in [-0.1, -0.05) is 0 Å². The van der Waals surface area contributed by atoms with E-state index in [0.717, 1.165) is 0 Å². The number of benzene rings is 1. The van der Waals surface area contributed by atoms with Gasteiger partial charge in [0.2, 0.25) is 0 Å². The first kappa shape index (κ1) is 15.1. The zero-order chi connectivity index (χ0) is 14.1. The normalized spacial score (nSPS) is 9.95. The Hall–Kier alpha value is -1.97. The van der Waals surface area contributed by atoms with Crippen LogP contribution in [0, 0.1) is 11.3 Å². The highest BCUT2D eigenvalue weighted by Crippen LogP contribution is 2.35. The lowest BCUT2D eigenvalue weighted by atomic mass is 10.1. The molecule has 0 bridgehead atoms. The third kappa shape index (κ3) is 4.32. The first-order chi connectivity index (χ1) is 9.24. The zero-order valence-corrected chi connectivity index (χ0v) is 11.1. The first-order valence-electron chi connectivity index (χ1n) is 5.80. The molecule has 6 nitrogen and oxygen atoms in total. The number of nitrogen functional groups attached to an aromatic ring is 1. The fourth-order valence-electron chi connectivity index (χ4n) is 1.40. The van der Waals surface area contributed by atoms with Crippen molar-refractivity contribution in [1.29, 1.82) is 5.26 Å². The molecule has 0 aliphatic rings. The molecule has 2 N–H and O–H groups in total. The van der Waals surface area contributed by atoms with E-state index in [1.807, 2.05) is 6.07 Å². The fourth-order valence-corrected chi connectivity index (χ4v) is 1.40. The molecule has 1 aromatic carbocycles. The molecular weight excluding hydrogens is 248 g/mol. The lowest BCUT2D eigenvalue weighted by Crippen LogP contribution is -2.10. The van der Waals surface area contributed by atoms with Crippen LogP contribution in [0.15, 0.2) is 12.1 Å². The molecule has 0 aromatic heterocycles. The van der Waals surface area contributed by atoms with Gasteiger partial charge in [0.25, 0.3) is 0 Å². The molecule has 0 fully saturated rings. The maximum absolute atomic E-state index is 8.95. The van der Waals surface area contributed by atoms with Crippen molar-refractivity contribution >= 4 is 5.69 Å². The van der Waals surface area contributed by atoms with Gasteiger partial charge in [0.1, 0.15) is 19.3 Å². The molecule has 0 heterocycles. The van der Waals surface area contributed by atoms with Crippen LogP contribution in [-0.2, 0) is 9.47 Å². The minimum atomic E-state index is 0.272. The molecule has 0 radical (unpaired) electrons. The van der Waals surface area contributed by atoms with Crippen LogP contribution in [-0.4, -0.2) is 40.6 Å². The number of nitriles is 1. The smallest absolute Gasteiger partial charge is 0.185 e. The molecule has 0 unspecified atom stereocenters. The maximum Gasteiger partial charge on any atom is 0.185 e. The van der Waals surface area contributed by atoms with Crippen molar-refractivity contribution in [2.24, 2.45) is 0 Å². The summed E-state index contributed by atoms with van der Waals surface area (Å²) >= 11 is 0. The number of anilines is 1. The van der Waals surface area contributed by atoms with Crippen LogP contribution >= 0.6 is 0 Å². The molecule has 0 saturated carbocycles. The number of hydrogen-bond donors (Lipinski definition) is 1. The molecule has 6 heteroatoms. The van der Waals surface area contributed by atoms with Crippen LogP contribution in [0.3, 0.4) is 0 Å². The second kappa shape index (κ2) is 8.19. The summed E-state index contributed by atoms with van der Waals surface area (Å²) < 4.78 is 20.8. The molecule has 0 spiro atoms. The Labute approximate surface area is 112 Å². The Kier molecular flexibility index (Phi) is 6.50. The number of rotatable bonds is 8. The lowest BCUT2D eigenvalue weighted by molar-refractivity contribution is 0.132. The Morgan fingerprint density at radius 2 is 1.68 bits per heavy atom. The molecule has 0 aliphatic heterocycles. The van der Waals surface area contributed by atoms with E-state index in [0.29, 0.717) is 43.5 Å². The Morgan fingerprint density at radius 1 is 1.05 bits per heavy atom. The molecule has 1 rings (SSSR count). The van der Waals surface area contributed by atoms with Gasteiger partial charge in [0.05, 0.1) is 24.5 Å². The van der Waals surface area contributed by atoms with Crippen molar-refractivity contribution < 1.29 is 18.9 Å². The topological polar surface area (TPSA) is 86.7 Å². The molecular formula is C13H18N2O4. The second-order valence-electron chi connectivity index (χ2n) is 3.65. The highest BCUT2D eigenvalue weighted by Gasteiger charge is 2.13. The number of nitrogens with two attached hydrogens (primary N) is 1. The standard InChI is InChI=1S/C13H18N2O4/c1-16-5-7-18-11-4-3-10(9-14)12(15)13(11)19-8-6-17-2/h3-4H,5-8,15H2,1-2H3. The minimum absolute atomic E-state index is 0.272. The van der Waals surface area contributed by atoms with Crippen molar-refractivity contribution in [2.45, 2.75) is 0 Å². The summed E-state index contributed by atoms with van der Waals surface area (Å²) in [6, 6.07) is 5.26. The fraction of sp³-hybridized carbons (Fsp3) is 0.462. The predicted molar refractivity (Wildman–Crippen MR) is 70.3 cm³/mol.